The lowest BCUT2D eigenvalue weighted by Gasteiger charge is -2.00. The molecular formula is C9H17N3O4. The molecule has 1 heterocycles. The number of hydrogen-bond donors (Lipinski definition) is 2. The third-order valence-corrected chi connectivity index (χ3v) is 1.90. The molecule has 7 heteroatoms. The van der Waals surface area contributed by atoms with Crippen LogP contribution in [0.2, 0.25) is 0 Å². The van der Waals surface area contributed by atoms with Crippen LogP contribution in [0, 0.1) is 0 Å². The maximum Gasteiger partial charge on any atom is 0.245 e. The fourth-order valence-electron chi connectivity index (χ4n) is 1.01. The maximum absolute atomic E-state index is 8.78. The van der Waals surface area contributed by atoms with Gasteiger partial charge in [-0.25, -0.2) is 0 Å². The van der Waals surface area contributed by atoms with E-state index in [9.17, 15) is 0 Å². The van der Waals surface area contributed by atoms with Crippen molar-refractivity contribution in [2.75, 3.05) is 33.5 Å². The number of aliphatic hydroxyl groups is 1. The first-order valence-corrected chi connectivity index (χ1v) is 5.03. The van der Waals surface area contributed by atoms with Gasteiger partial charge >= 0.3 is 0 Å². The molecule has 7 nitrogen and oxygen atoms in total. The van der Waals surface area contributed by atoms with Crippen molar-refractivity contribution in [1.29, 1.82) is 0 Å². The summed E-state index contributed by atoms with van der Waals surface area (Å²) in [7, 11) is 1.62. The second-order valence-electron chi connectivity index (χ2n) is 3.19. The molecule has 0 saturated heterocycles. The maximum atomic E-state index is 8.78. The van der Waals surface area contributed by atoms with Crippen LogP contribution in [0.15, 0.2) is 4.52 Å². The molecule has 3 N–H and O–H groups in total. The SMILES string of the molecule is COCCOCCc1noc([C@@H](N)CO)n1. The first kappa shape index (κ1) is 13.0. The van der Waals surface area contributed by atoms with Crippen molar-refractivity contribution in [2.24, 2.45) is 5.73 Å². The summed E-state index contributed by atoms with van der Waals surface area (Å²) in [6.45, 7) is 1.38. The Morgan fingerprint density at radius 2 is 2.25 bits per heavy atom. The van der Waals surface area contributed by atoms with Crippen LogP contribution < -0.4 is 5.73 Å². The van der Waals surface area contributed by atoms with Crippen LogP contribution in [-0.2, 0) is 15.9 Å². The van der Waals surface area contributed by atoms with Gasteiger partial charge in [0.2, 0.25) is 5.89 Å². The predicted molar refractivity (Wildman–Crippen MR) is 54.7 cm³/mol. The zero-order valence-electron chi connectivity index (χ0n) is 9.26. The van der Waals surface area contributed by atoms with Crippen LogP contribution in [0.4, 0.5) is 0 Å². The van der Waals surface area contributed by atoms with Crippen molar-refractivity contribution >= 4 is 0 Å². The van der Waals surface area contributed by atoms with Gasteiger partial charge in [-0.2, -0.15) is 4.98 Å². The third-order valence-electron chi connectivity index (χ3n) is 1.90. The van der Waals surface area contributed by atoms with Gasteiger partial charge in [-0.05, 0) is 0 Å². The van der Waals surface area contributed by atoms with Gasteiger partial charge in [0.05, 0.1) is 26.4 Å². The molecule has 1 aromatic heterocycles. The highest BCUT2D eigenvalue weighted by atomic mass is 16.5. The van der Waals surface area contributed by atoms with Gasteiger partial charge in [0, 0.05) is 13.5 Å². The Kier molecular flexibility index (Phi) is 5.94. The average Bonchev–Trinajstić information content (AvgIpc) is 2.76. The molecule has 0 aromatic carbocycles. The van der Waals surface area contributed by atoms with E-state index in [2.05, 4.69) is 10.1 Å². The second-order valence-corrected chi connectivity index (χ2v) is 3.19. The first-order chi connectivity index (χ1) is 7.77. The molecule has 1 aromatic rings. The summed E-state index contributed by atoms with van der Waals surface area (Å²) in [4.78, 5) is 4.02. The molecule has 1 rings (SSSR count). The zero-order valence-corrected chi connectivity index (χ0v) is 9.26. The smallest absolute Gasteiger partial charge is 0.245 e. The van der Waals surface area contributed by atoms with Gasteiger partial charge in [-0.3, -0.25) is 0 Å². The Labute approximate surface area is 93.5 Å². The second kappa shape index (κ2) is 7.29. The van der Waals surface area contributed by atoms with Crippen molar-refractivity contribution < 1.29 is 19.1 Å². The van der Waals surface area contributed by atoms with Crippen molar-refractivity contribution in [3.8, 4) is 0 Å². The largest absolute Gasteiger partial charge is 0.394 e. The molecule has 16 heavy (non-hydrogen) atoms. The molecule has 0 radical (unpaired) electrons. The van der Waals surface area contributed by atoms with Crippen LogP contribution >= 0.6 is 0 Å². The number of methoxy groups -OCH3 is 1. The molecule has 0 amide bonds. The number of nitrogens with zero attached hydrogens (tertiary/aromatic N) is 2. The van der Waals surface area contributed by atoms with Crippen molar-refractivity contribution in [1.82, 2.24) is 10.1 Å². The summed E-state index contributed by atoms with van der Waals surface area (Å²) >= 11 is 0. The molecule has 0 unspecified atom stereocenters. The van der Waals surface area contributed by atoms with Gasteiger partial charge in [0.25, 0.3) is 0 Å². The average molecular weight is 231 g/mol. The Balaban J connectivity index is 2.24. The van der Waals surface area contributed by atoms with Crippen molar-refractivity contribution in [3.05, 3.63) is 11.7 Å². The number of aromatic nitrogens is 2. The van der Waals surface area contributed by atoms with Crippen LogP contribution in [0.5, 0.6) is 0 Å². The Morgan fingerprint density at radius 3 is 2.94 bits per heavy atom. The highest BCUT2D eigenvalue weighted by molar-refractivity contribution is 4.91. The van der Waals surface area contributed by atoms with Crippen LogP contribution in [0.1, 0.15) is 17.8 Å². The third kappa shape index (κ3) is 4.23. The van der Waals surface area contributed by atoms with E-state index in [4.69, 9.17) is 24.8 Å². The van der Waals surface area contributed by atoms with E-state index in [0.29, 0.717) is 32.1 Å². The molecule has 0 aliphatic carbocycles. The minimum absolute atomic E-state index is 0.216. The summed E-state index contributed by atoms with van der Waals surface area (Å²) < 4.78 is 14.9. The lowest BCUT2D eigenvalue weighted by molar-refractivity contribution is 0.0714. The molecule has 1 atom stereocenters. The number of rotatable bonds is 8. The Hall–Kier alpha value is -1.02. The van der Waals surface area contributed by atoms with Crippen LogP contribution in [0.3, 0.4) is 0 Å². The standard InChI is InChI=1S/C9H17N3O4/c1-14-4-5-15-3-2-8-11-9(16-12-8)7(10)6-13/h7,13H,2-6,10H2,1H3/t7-/m0/s1. The van der Waals surface area contributed by atoms with Gasteiger partial charge in [0.1, 0.15) is 6.04 Å². The van der Waals surface area contributed by atoms with E-state index in [1.807, 2.05) is 0 Å². The number of ether oxygens (including phenoxy) is 2. The van der Waals surface area contributed by atoms with Crippen LogP contribution in [0.25, 0.3) is 0 Å². The van der Waals surface area contributed by atoms with E-state index in [1.54, 1.807) is 7.11 Å². The van der Waals surface area contributed by atoms with E-state index in [-0.39, 0.29) is 12.5 Å². The van der Waals surface area contributed by atoms with E-state index in [1.165, 1.54) is 0 Å². The van der Waals surface area contributed by atoms with E-state index >= 15 is 0 Å². The molecule has 0 saturated carbocycles. The highest BCUT2D eigenvalue weighted by Crippen LogP contribution is 2.06. The molecule has 0 bridgehead atoms. The Bertz CT molecular complexity index is 292. The molecule has 92 valence electrons. The number of aliphatic hydroxyl groups excluding tert-OH is 1. The molecular weight excluding hydrogens is 214 g/mol. The predicted octanol–water partition coefficient (Wildman–Crippen LogP) is -0.733. The minimum atomic E-state index is -0.615. The summed E-state index contributed by atoms with van der Waals surface area (Å²) in [5.74, 6) is 0.769. The first-order valence-electron chi connectivity index (χ1n) is 5.03. The van der Waals surface area contributed by atoms with Crippen molar-refractivity contribution in [2.45, 2.75) is 12.5 Å². The Morgan fingerprint density at radius 1 is 1.44 bits per heavy atom. The molecule has 0 fully saturated rings. The zero-order chi connectivity index (χ0) is 11.8. The number of nitrogens with two attached hydrogens (primary N) is 1. The molecule has 0 aliphatic heterocycles. The van der Waals surface area contributed by atoms with E-state index < -0.39 is 6.04 Å². The highest BCUT2D eigenvalue weighted by Gasteiger charge is 2.13. The van der Waals surface area contributed by atoms with Crippen LogP contribution in [-0.4, -0.2) is 48.8 Å². The summed E-state index contributed by atoms with van der Waals surface area (Å²) in [5.41, 5.74) is 5.51. The lowest BCUT2D eigenvalue weighted by atomic mass is 10.3. The summed E-state index contributed by atoms with van der Waals surface area (Å²) in [6.07, 6.45) is 0.547. The molecule has 0 aliphatic rings. The summed E-state index contributed by atoms with van der Waals surface area (Å²) in [5, 5.41) is 12.5. The molecule has 0 spiro atoms. The minimum Gasteiger partial charge on any atom is -0.394 e. The normalized spacial score (nSPS) is 12.9. The van der Waals surface area contributed by atoms with Crippen molar-refractivity contribution in [3.63, 3.8) is 0 Å². The topological polar surface area (TPSA) is 104 Å². The summed E-state index contributed by atoms with van der Waals surface area (Å²) in [6, 6.07) is -0.615. The van der Waals surface area contributed by atoms with Gasteiger partial charge in [-0.15, -0.1) is 0 Å². The van der Waals surface area contributed by atoms with E-state index in [0.717, 1.165) is 0 Å². The van der Waals surface area contributed by atoms with Gasteiger partial charge in [-0.1, -0.05) is 5.16 Å². The van der Waals surface area contributed by atoms with Gasteiger partial charge < -0.3 is 24.8 Å². The fraction of sp³-hybridized carbons (Fsp3) is 0.778. The lowest BCUT2D eigenvalue weighted by Crippen LogP contribution is -2.14. The number of hydrogen-bond acceptors (Lipinski definition) is 7. The van der Waals surface area contributed by atoms with Gasteiger partial charge in [0.15, 0.2) is 5.82 Å². The quantitative estimate of drug-likeness (QED) is 0.568. The fourth-order valence-corrected chi connectivity index (χ4v) is 1.01. The monoisotopic (exact) mass is 231 g/mol.